The fourth-order valence-electron chi connectivity index (χ4n) is 4.40. The minimum Gasteiger partial charge on any atom is -0.416 e. The second kappa shape index (κ2) is 8.70. The molecule has 7 rings (SSSR count). The largest absolute Gasteiger partial charge is 0.416 e. The molecule has 8 heteroatoms. The van der Waals surface area contributed by atoms with E-state index in [1.54, 1.807) is 12.4 Å². The van der Waals surface area contributed by atoms with Crippen LogP contribution < -0.4 is 0 Å². The summed E-state index contributed by atoms with van der Waals surface area (Å²) in [5.74, 6) is 1.58. The summed E-state index contributed by atoms with van der Waals surface area (Å²) in [6.45, 7) is 4.09. The van der Waals surface area contributed by atoms with Gasteiger partial charge in [-0.05, 0) is 67.4 Å². The van der Waals surface area contributed by atoms with E-state index in [1.165, 1.54) is 0 Å². The van der Waals surface area contributed by atoms with Gasteiger partial charge in [-0.15, -0.1) is 20.4 Å². The molecule has 7 aromatic rings. The van der Waals surface area contributed by atoms with Crippen LogP contribution in [0.2, 0.25) is 0 Å². The highest BCUT2D eigenvalue weighted by atomic mass is 16.4. The standard InChI is InChI=1S/C30H20N6O2/c1-17-6-8-19-12-23(15-31-25(19)10-17)29-35-33-27(37-29)21-4-3-5-22(14-21)28-34-36-30(38-28)24-13-20-9-7-18(2)11-26(20)32-16-24/h3-16H,1-2H3. The predicted octanol–water partition coefficient (Wildman–Crippen LogP) is 6.83. The first kappa shape index (κ1) is 22.0. The minimum absolute atomic E-state index is 0.389. The fourth-order valence-corrected chi connectivity index (χ4v) is 4.40. The molecule has 4 aromatic heterocycles. The Balaban J connectivity index is 1.18. The third-order valence-electron chi connectivity index (χ3n) is 6.38. The lowest BCUT2D eigenvalue weighted by atomic mass is 10.1. The van der Waals surface area contributed by atoms with Gasteiger partial charge in [-0.2, -0.15) is 0 Å². The lowest BCUT2D eigenvalue weighted by Crippen LogP contribution is -1.84. The molecule has 0 unspecified atom stereocenters. The van der Waals surface area contributed by atoms with Crippen molar-refractivity contribution in [3.63, 3.8) is 0 Å². The summed E-state index contributed by atoms with van der Waals surface area (Å²) < 4.78 is 12.0. The van der Waals surface area contributed by atoms with Gasteiger partial charge in [0.15, 0.2) is 0 Å². The van der Waals surface area contributed by atoms with Crippen LogP contribution in [-0.2, 0) is 0 Å². The second-order valence-corrected chi connectivity index (χ2v) is 9.25. The summed E-state index contributed by atoms with van der Waals surface area (Å²) in [5.41, 5.74) is 7.18. The molecule has 0 fully saturated rings. The Kier molecular flexibility index (Phi) is 5.04. The van der Waals surface area contributed by atoms with E-state index in [0.29, 0.717) is 23.6 Å². The summed E-state index contributed by atoms with van der Waals surface area (Å²) in [7, 11) is 0. The van der Waals surface area contributed by atoms with Gasteiger partial charge in [-0.25, -0.2) is 0 Å². The van der Waals surface area contributed by atoms with Crippen molar-refractivity contribution in [3.8, 4) is 45.8 Å². The lowest BCUT2D eigenvalue weighted by molar-refractivity contribution is 0.582. The zero-order valence-corrected chi connectivity index (χ0v) is 20.6. The Labute approximate surface area is 217 Å². The Hall–Kier alpha value is -5.24. The van der Waals surface area contributed by atoms with Gasteiger partial charge in [0.05, 0.1) is 22.2 Å². The highest BCUT2D eigenvalue weighted by molar-refractivity contribution is 5.83. The number of aromatic nitrogens is 6. The molecule has 38 heavy (non-hydrogen) atoms. The van der Waals surface area contributed by atoms with Crippen LogP contribution in [-0.4, -0.2) is 30.4 Å². The molecule has 4 heterocycles. The van der Waals surface area contributed by atoms with E-state index in [9.17, 15) is 0 Å². The molecule has 0 atom stereocenters. The number of benzene rings is 3. The number of rotatable bonds is 4. The molecule has 8 nitrogen and oxygen atoms in total. The molecule has 0 amide bonds. The van der Waals surface area contributed by atoms with Gasteiger partial charge < -0.3 is 8.83 Å². The maximum Gasteiger partial charge on any atom is 0.249 e. The first-order valence-corrected chi connectivity index (χ1v) is 12.1. The van der Waals surface area contributed by atoms with Gasteiger partial charge in [-0.1, -0.05) is 30.3 Å². The number of fused-ring (bicyclic) bond motifs is 2. The maximum absolute atomic E-state index is 6.01. The van der Waals surface area contributed by atoms with Crippen LogP contribution in [0.1, 0.15) is 11.1 Å². The number of nitrogens with zero attached hydrogens (tertiary/aromatic N) is 6. The molecule has 0 saturated carbocycles. The summed E-state index contributed by atoms with van der Waals surface area (Å²) >= 11 is 0. The Morgan fingerprint density at radius 3 is 1.39 bits per heavy atom. The summed E-state index contributed by atoms with van der Waals surface area (Å²) in [4.78, 5) is 9.08. The lowest BCUT2D eigenvalue weighted by Gasteiger charge is -2.01. The van der Waals surface area contributed by atoms with Gasteiger partial charge in [0.25, 0.3) is 0 Å². The maximum atomic E-state index is 6.01. The van der Waals surface area contributed by atoms with Crippen molar-refractivity contribution < 1.29 is 8.83 Å². The van der Waals surface area contributed by atoms with Crippen LogP contribution in [0.15, 0.2) is 94.0 Å². The molecule has 0 N–H and O–H groups in total. The van der Waals surface area contributed by atoms with Crippen molar-refractivity contribution in [3.05, 3.63) is 96.3 Å². The van der Waals surface area contributed by atoms with Crippen molar-refractivity contribution in [2.45, 2.75) is 13.8 Å². The molecule has 0 bridgehead atoms. The molecule has 0 aliphatic carbocycles. The Bertz CT molecular complexity index is 1830. The first-order valence-electron chi connectivity index (χ1n) is 12.1. The van der Waals surface area contributed by atoms with Crippen molar-refractivity contribution >= 4 is 21.8 Å². The van der Waals surface area contributed by atoms with E-state index in [2.05, 4.69) is 42.5 Å². The third-order valence-corrected chi connectivity index (χ3v) is 6.38. The number of pyridine rings is 2. The quantitative estimate of drug-likeness (QED) is 0.261. The molecule has 182 valence electrons. The monoisotopic (exact) mass is 496 g/mol. The van der Waals surface area contributed by atoms with E-state index in [-0.39, 0.29) is 0 Å². The van der Waals surface area contributed by atoms with Crippen LogP contribution in [0.25, 0.3) is 67.6 Å². The van der Waals surface area contributed by atoms with E-state index in [0.717, 1.165) is 55.2 Å². The number of hydrogen-bond donors (Lipinski definition) is 0. The summed E-state index contributed by atoms with van der Waals surface area (Å²) in [5, 5.41) is 19.0. The molecule has 0 aliphatic rings. The van der Waals surface area contributed by atoms with Crippen LogP contribution >= 0.6 is 0 Å². The van der Waals surface area contributed by atoms with Gasteiger partial charge in [0.2, 0.25) is 23.6 Å². The summed E-state index contributed by atoms with van der Waals surface area (Å²) in [6.07, 6.45) is 3.50. The molecule has 0 aliphatic heterocycles. The number of aryl methyl sites for hydroxylation is 2. The topological polar surface area (TPSA) is 104 Å². The third kappa shape index (κ3) is 3.98. The zero-order chi connectivity index (χ0) is 25.6. The van der Waals surface area contributed by atoms with Gasteiger partial charge in [0.1, 0.15) is 0 Å². The van der Waals surface area contributed by atoms with Gasteiger partial charge in [-0.3, -0.25) is 9.97 Å². The molecule has 0 saturated heterocycles. The summed E-state index contributed by atoms with van der Waals surface area (Å²) in [6, 6.07) is 23.8. The molecular weight excluding hydrogens is 476 g/mol. The van der Waals surface area contributed by atoms with Crippen molar-refractivity contribution in [1.82, 2.24) is 30.4 Å². The van der Waals surface area contributed by atoms with Crippen LogP contribution in [0.3, 0.4) is 0 Å². The normalized spacial score (nSPS) is 11.4. The Morgan fingerprint density at radius 1 is 0.474 bits per heavy atom. The van der Waals surface area contributed by atoms with E-state index in [1.807, 2.05) is 74.5 Å². The first-order chi connectivity index (χ1) is 18.6. The highest BCUT2D eigenvalue weighted by Gasteiger charge is 2.15. The van der Waals surface area contributed by atoms with Crippen molar-refractivity contribution in [2.24, 2.45) is 0 Å². The van der Waals surface area contributed by atoms with E-state index in [4.69, 9.17) is 8.83 Å². The van der Waals surface area contributed by atoms with E-state index >= 15 is 0 Å². The van der Waals surface area contributed by atoms with Gasteiger partial charge in [0, 0.05) is 34.3 Å². The average molecular weight is 497 g/mol. The SMILES string of the molecule is Cc1ccc2cc(-c3nnc(-c4cccc(-c5nnc(-c6cnc7cc(C)ccc7c6)o5)c4)o3)cnc2c1. The predicted molar refractivity (Wildman–Crippen MR) is 144 cm³/mol. The minimum atomic E-state index is 0.389. The van der Waals surface area contributed by atoms with Crippen molar-refractivity contribution in [1.29, 1.82) is 0 Å². The van der Waals surface area contributed by atoms with Gasteiger partial charge >= 0.3 is 0 Å². The highest BCUT2D eigenvalue weighted by Crippen LogP contribution is 2.30. The molecular formula is C30H20N6O2. The number of hydrogen-bond acceptors (Lipinski definition) is 8. The van der Waals surface area contributed by atoms with Crippen LogP contribution in [0.5, 0.6) is 0 Å². The molecule has 3 aromatic carbocycles. The Morgan fingerprint density at radius 2 is 0.921 bits per heavy atom. The zero-order valence-electron chi connectivity index (χ0n) is 20.6. The van der Waals surface area contributed by atoms with Crippen LogP contribution in [0.4, 0.5) is 0 Å². The van der Waals surface area contributed by atoms with Crippen molar-refractivity contribution in [2.75, 3.05) is 0 Å². The fraction of sp³-hybridized carbons (Fsp3) is 0.0667. The average Bonchev–Trinajstić information content (AvgIpc) is 3.64. The molecule has 0 spiro atoms. The second-order valence-electron chi connectivity index (χ2n) is 9.25. The van der Waals surface area contributed by atoms with Crippen LogP contribution in [0, 0.1) is 13.8 Å². The van der Waals surface area contributed by atoms with E-state index < -0.39 is 0 Å². The smallest absolute Gasteiger partial charge is 0.249 e. The molecule has 0 radical (unpaired) electrons.